The van der Waals surface area contributed by atoms with Gasteiger partial charge >= 0.3 is 0 Å². The largest absolute Gasteiger partial charge is 0.386 e. The first-order chi connectivity index (χ1) is 7.66. The molecule has 0 aliphatic carbocycles. The first kappa shape index (κ1) is 11.3. The van der Waals surface area contributed by atoms with E-state index in [-0.39, 0.29) is 0 Å². The predicted molar refractivity (Wildman–Crippen MR) is 63.8 cm³/mol. The highest BCUT2D eigenvalue weighted by molar-refractivity contribution is 9.10. The van der Waals surface area contributed by atoms with Crippen molar-refractivity contribution in [3.63, 3.8) is 0 Å². The monoisotopic (exact) mass is 281 g/mol. The van der Waals surface area contributed by atoms with Crippen molar-refractivity contribution in [3.8, 4) is 0 Å². The van der Waals surface area contributed by atoms with Gasteiger partial charge in [0.2, 0.25) is 0 Å². The van der Waals surface area contributed by atoms with E-state index in [0.717, 1.165) is 15.7 Å². The second-order valence-electron chi connectivity index (χ2n) is 3.63. The zero-order valence-electron chi connectivity index (χ0n) is 8.84. The van der Waals surface area contributed by atoms with E-state index in [9.17, 15) is 5.11 Å². The number of aromatic nitrogens is 3. The smallest absolute Gasteiger partial charge is 0.101 e. The number of aliphatic hydroxyl groups is 1. The molecule has 84 valence electrons. The molecule has 1 aromatic heterocycles. The minimum absolute atomic E-state index is 0.556. The summed E-state index contributed by atoms with van der Waals surface area (Å²) in [7, 11) is 1.77. The molecule has 0 fully saturated rings. The minimum Gasteiger partial charge on any atom is -0.386 e. The molecule has 1 unspecified atom stereocenters. The molecule has 5 heteroatoms. The zero-order chi connectivity index (χ0) is 11.5. The van der Waals surface area contributed by atoms with Crippen LogP contribution in [0, 0.1) is 0 Å². The van der Waals surface area contributed by atoms with Gasteiger partial charge in [-0.25, -0.2) is 4.68 Å². The van der Waals surface area contributed by atoms with E-state index in [1.807, 2.05) is 24.3 Å². The number of hydrogen-bond donors (Lipinski definition) is 1. The van der Waals surface area contributed by atoms with Gasteiger partial charge in [-0.2, -0.15) is 0 Å². The van der Waals surface area contributed by atoms with Crippen molar-refractivity contribution >= 4 is 15.9 Å². The van der Waals surface area contributed by atoms with Gasteiger partial charge in [0.05, 0.1) is 11.9 Å². The molecule has 0 radical (unpaired) electrons. The molecule has 0 spiro atoms. The lowest BCUT2D eigenvalue weighted by molar-refractivity contribution is 0.168. The van der Waals surface area contributed by atoms with Crippen LogP contribution in [0.25, 0.3) is 0 Å². The number of aryl methyl sites for hydroxylation is 1. The lowest BCUT2D eigenvalue weighted by Crippen LogP contribution is -2.07. The third kappa shape index (κ3) is 2.48. The number of aliphatic hydroxyl groups excluding tert-OH is 1. The Balaban J connectivity index is 2.14. The van der Waals surface area contributed by atoms with Crippen molar-refractivity contribution in [1.29, 1.82) is 0 Å². The Morgan fingerprint density at radius 1 is 1.50 bits per heavy atom. The molecule has 0 aliphatic heterocycles. The van der Waals surface area contributed by atoms with Gasteiger partial charge in [-0.3, -0.25) is 0 Å². The molecule has 1 N–H and O–H groups in total. The normalized spacial score (nSPS) is 12.7. The highest BCUT2D eigenvalue weighted by Crippen LogP contribution is 2.19. The quantitative estimate of drug-likeness (QED) is 0.934. The average molecular weight is 282 g/mol. The van der Waals surface area contributed by atoms with Gasteiger partial charge in [-0.1, -0.05) is 33.3 Å². The molecule has 1 aromatic carbocycles. The zero-order valence-corrected chi connectivity index (χ0v) is 10.4. The maximum absolute atomic E-state index is 10.0. The summed E-state index contributed by atoms with van der Waals surface area (Å²) < 4.78 is 2.60. The summed E-state index contributed by atoms with van der Waals surface area (Å²) in [6.45, 7) is 0. The molecule has 16 heavy (non-hydrogen) atoms. The van der Waals surface area contributed by atoms with Gasteiger partial charge in [-0.05, 0) is 17.7 Å². The Hall–Kier alpha value is -1.20. The summed E-state index contributed by atoms with van der Waals surface area (Å²) in [6, 6.07) is 7.89. The highest BCUT2D eigenvalue weighted by Gasteiger charge is 2.12. The second-order valence-corrected chi connectivity index (χ2v) is 4.55. The van der Waals surface area contributed by atoms with Gasteiger partial charge in [0, 0.05) is 17.9 Å². The van der Waals surface area contributed by atoms with Crippen molar-refractivity contribution in [3.05, 3.63) is 46.2 Å². The number of nitrogens with zero attached hydrogens (tertiary/aromatic N) is 3. The first-order valence-electron chi connectivity index (χ1n) is 4.94. The van der Waals surface area contributed by atoms with Gasteiger partial charge in [0.15, 0.2) is 0 Å². The fourth-order valence-electron chi connectivity index (χ4n) is 1.59. The molecule has 2 aromatic rings. The van der Waals surface area contributed by atoms with Crippen LogP contribution in [0.2, 0.25) is 0 Å². The fraction of sp³-hybridized carbons (Fsp3) is 0.273. The summed E-state index contributed by atoms with van der Waals surface area (Å²) in [5.74, 6) is 0. The summed E-state index contributed by atoms with van der Waals surface area (Å²) in [5.41, 5.74) is 1.79. The molecule has 1 heterocycles. The number of hydrogen-bond acceptors (Lipinski definition) is 3. The molecule has 0 saturated carbocycles. The van der Waals surface area contributed by atoms with Crippen LogP contribution in [0.4, 0.5) is 0 Å². The summed E-state index contributed by atoms with van der Waals surface area (Å²) in [5, 5.41) is 17.6. The van der Waals surface area contributed by atoms with Crippen LogP contribution in [-0.2, 0) is 13.5 Å². The minimum atomic E-state index is -0.575. The molecule has 0 saturated heterocycles. The average Bonchev–Trinajstić information content (AvgIpc) is 2.64. The van der Waals surface area contributed by atoms with E-state index in [1.165, 1.54) is 0 Å². The maximum atomic E-state index is 10.0. The molecule has 0 bridgehead atoms. The molecule has 4 nitrogen and oxygen atoms in total. The third-order valence-corrected chi connectivity index (χ3v) is 2.90. The van der Waals surface area contributed by atoms with Crippen LogP contribution >= 0.6 is 15.9 Å². The van der Waals surface area contributed by atoms with E-state index in [0.29, 0.717) is 6.42 Å². The summed E-state index contributed by atoms with van der Waals surface area (Å²) in [4.78, 5) is 0. The van der Waals surface area contributed by atoms with Crippen molar-refractivity contribution < 1.29 is 5.11 Å². The van der Waals surface area contributed by atoms with Gasteiger partial charge < -0.3 is 5.11 Å². The standard InChI is InChI=1S/C11H12BrN3O/c1-15-10(7-13-14-15)11(16)6-8-3-2-4-9(12)5-8/h2-5,7,11,16H,6H2,1H3. The summed E-state index contributed by atoms with van der Waals surface area (Å²) in [6.07, 6.45) is 1.57. The molecule has 1 atom stereocenters. The van der Waals surface area contributed by atoms with E-state index >= 15 is 0 Å². The van der Waals surface area contributed by atoms with E-state index in [1.54, 1.807) is 17.9 Å². The molecule has 0 amide bonds. The lowest BCUT2D eigenvalue weighted by Gasteiger charge is -2.10. The SMILES string of the molecule is Cn1nncc1C(O)Cc1cccc(Br)c1. The van der Waals surface area contributed by atoms with Gasteiger partial charge in [0.25, 0.3) is 0 Å². The van der Waals surface area contributed by atoms with Crippen LogP contribution in [0.15, 0.2) is 34.9 Å². The number of halogens is 1. The Labute approximate surface area is 102 Å². The Bertz CT molecular complexity index is 484. The van der Waals surface area contributed by atoms with Gasteiger partial charge in [0.1, 0.15) is 6.10 Å². The van der Waals surface area contributed by atoms with Crippen molar-refractivity contribution in [2.45, 2.75) is 12.5 Å². The van der Waals surface area contributed by atoms with Crippen molar-refractivity contribution in [1.82, 2.24) is 15.0 Å². The highest BCUT2D eigenvalue weighted by atomic mass is 79.9. The molecule has 0 aliphatic rings. The van der Waals surface area contributed by atoms with Crippen LogP contribution in [0.5, 0.6) is 0 Å². The first-order valence-corrected chi connectivity index (χ1v) is 5.73. The van der Waals surface area contributed by atoms with Gasteiger partial charge in [-0.15, -0.1) is 5.10 Å². The Morgan fingerprint density at radius 3 is 2.94 bits per heavy atom. The molecular weight excluding hydrogens is 270 g/mol. The van der Waals surface area contributed by atoms with Crippen LogP contribution in [0.3, 0.4) is 0 Å². The maximum Gasteiger partial charge on any atom is 0.101 e. The topological polar surface area (TPSA) is 50.9 Å². The molecular formula is C11H12BrN3O. The Kier molecular flexibility index (Phi) is 3.36. The predicted octanol–water partition coefficient (Wildman–Crippen LogP) is 1.85. The van der Waals surface area contributed by atoms with Crippen LogP contribution in [-0.4, -0.2) is 20.1 Å². The van der Waals surface area contributed by atoms with Crippen molar-refractivity contribution in [2.75, 3.05) is 0 Å². The third-order valence-electron chi connectivity index (χ3n) is 2.41. The number of rotatable bonds is 3. The Morgan fingerprint density at radius 2 is 2.31 bits per heavy atom. The van der Waals surface area contributed by atoms with Crippen molar-refractivity contribution in [2.24, 2.45) is 7.05 Å². The van der Waals surface area contributed by atoms with Crippen LogP contribution < -0.4 is 0 Å². The number of benzene rings is 1. The fourth-order valence-corrected chi connectivity index (χ4v) is 2.04. The van der Waals surface area contributed by atoms with E-state index in [4.69, 9.17) is 0 Å². The molecule has 2 rings (SSSR count). The van der Waals surface area contributed by atoms with Crippen LogP contribution in [0.1, 0.15) is 17.4 Å². The van der Waals surface area contributed by atoms with E-state index in [2.05, 4.69) is 26.2 Å². The van der Waals surface area contributed by atoms with E-state index < -0.39 is 6.10 Å². The lowest BCUT2D eigenvalue weighted by atomic mass is 10.1. The summed E-state index contributed by atoms with van der Waals surface area (Å²) >= 11 is 3.40. The second kappa shape index (κ2) is 4.76.